The third-order valence-corrected chi connectivity index (χ3v) is 8.36. The van der Waals surface area contributed by atoms with Gasteiger partial charge < -0.3 is 5.32 Å². The van der Waals surface area contributed by atoms with Crippen LogP contribution in [0.1, 0.15) is 40.2 Å². The minimum Gasteiger partial charge on any atom is -0.352 e. The normalized spacial score (nSPS) is 15.4. The number of piperidine rings is 1. The van der Waals surface area contributed by atoms with Gasteiger partial charge in [0.05, 0.1) is 20.1 Å². The van der Waals surface area contributed by atoms with Crippen molar-refractivity contribution in [3.05, 3.63) is 58.6 Å². The van der Waals surface area contributed by atoms with Gasteiger partial charge in [-0.1, -0.05) is 24.6 Å². The van der Waals surface area contributed by atoms with Crippen molar-refractivity contribution in [2.75, 3.05) is 19.6 Å². The SMILES string of the molecule is Cc1ccc(S(=O)(=O)N2CCCCC2)cc1C(=O)NCCc1nc2ccccc2s1. The van der Waals surface area contributed by atoms with E-state index in [1.54, 1.807) is 23.5 Å². The molecule has 0 unspecified atom stereocenters. The molecule has 8 heteroatoms. The molecule has 0 atom stereocenters. The van der Waals surface area contributed by atoms with Crippen molar-refractivity contribution in [2.45, 2.75) is 37.5 Å². The minimum absolute atomic E-state index is 0.186. The van der Waals surface area contributed by atoms with Crippen LogP contribution >= 0.6 is 11.3 Å². The minimum atomic E-state index is -3.57. The summed E-state index contributed by atoms with van der Waals surface area (Å²) in [6.07, 6.45) is 3.45. The Labute approximate surface area is 181 Å². The maximum atomic E-state index is 12.9. The Balaban J connectivity index is 1.44. The van der Waals surface area contributed by atoms with Crippen molar-refractivity contribution in [3.63, 3.8) is 0 Å². The fourth-order valence-corrected chi connectivity index (χ4v) is 6.18. The molecule has 0 spiro atoms. The van der Waals surface area contributed by atoms with Crippen LogP contribution in [-0.2, 0) is 16.4 Å². The van der Waals surface area contributed by atoms with Crippen molar-refractivity contribution < 1.29 is 13.2 Å². The monoisotopic (exact) mass is 443 g/mol. The van der Waals surface area contributed by atoms with E-state index in [-0.39, 0.29) is 10.8 Å². The number of carbonyl (C=O) groups is 1. The van der Waals surface area contributed by atoms with Gasteiger partial charge in [-0.2, -0.15) is 4.31 Å². The molecule has 6 nitrogen and oxygen atoms in total. The largest absolute Gasteiger partial charge is 0.352 e. The van der Waals surface area contributed by atoms with E-state index in [0.717, 1.165) is 40.1 Å². The van der Waals surface area contributed by atoms with Crippen LogP contribution in [0.4, 0.5) is 0 Å². The highest BCUT2D eigenvalue weighted by atomic mass is 32.2. The summed E-state index contributed by atoms with van der Waals surface area (Å²) in [5, 5.41) is 3.88. The number of hydrogen-bond donors (Lipinski definition) is 1. The zero-order valence-corrected chi connectivity index (χ0v) is 18.6. The number of fused-ring (bicyclic) bond motifs is 1. The van der Waals surface area contributed by atoms with E-state index in [4.69, 9.17) is 0 Å². The number of rotatable bonds is 6. The summed E-state index contributed by atoms with van der Waals surface area (Å²) in [7, 11) is -3.57. The molecule has 1 saturated heterocycles. The molecular formula is C22H25N3O3S2. The van der Waals surface area contributed by atoms with Crippen LogP contribution in [-0.4, -0.2) is 43.2 Å². The summed E-state index contributed by atoms with van der Waals surface area (Å²) in [6, 6.07) is 12.8. The van der Waals surface area contributed by atoms with Crippen molar-refractivity contribution in [1.29, 1.82) is 0 Å². The number of aromatic nitrogens is 1. The summed E-state index contributed by atoms with van der Waals surface area (Å²) in [4.78, 5) is 17.5. The Morgan fingerprint density at radius 3 is 2.67 bits per heavy atom. The first-order valence-corrected chi connectivity index (χ1v) is 12.4. The molecule has 4 rings (SSSR count). The smallest absolute Gasteiger partial charge is 0.251 e. The number of aryl methyl sites for hydroxylation is 1. The molecule has 2 aromatic carbocycles. The van der Waals surface area contributed by atoms with Gasteiger partial charge in [0.2, 0.25) is 10.0 Å². The van der Waals surface area contributed by atoms with Gasteiger partial charge in [0, 0.05) is 31.6 Å². The maximum absolute atomic E-state index is 12.9. The lowest BCUT2D eigenvalue weighted by Gasteiger charge is -2.26. The van der Waals surface area contributed by atoms with Crippen LogP contribution in [0.15, 0.2) is 47.4 Å². The van der Waals surface area contributed by atoms with Gasteiger partial charge in [-0.3, -0.25) is 4.79 Å². The summed E-state index contributed by atoms with van der Waals surface area (Å²) >= 11 is 1.62. The highest BCUT2D eigenvalue weighted by Crippen LogP contribution is 2.23. The van der Waals surface area contributed by atoms with Crippen molar-refractivity contribution in [1.82, 2.24) is 14.6 Å². The Hall–Kier alpha value is -2.29. The lowest BCUT2D eigenvalue weighted by atomic mass is 10.1. The zero-order chi connectivity index (χ0) is 21.1. The van der Waals surface area contributed by atoms with Crippen LogP contribution in [0.2, 0.25) is 0 Å². The summed E-state index contributed by atoms with van der Waals surface area (Å²) in [6.45, 7) is 3.35. The number of benzene rings is 2. The second kappa shape index (κ2) is 8.83. The predicted octanol–water partition coefficient (Wildman–Crippen LogP) is 3.75. The number of carbonyl (C=O) groups excluding carboxylic acids is 1. The fourth-order valence-electron chi connectivity index (χ4n) is 3.67. The number of nitrogens with one attached hydrogen (secondary N) is 1. The molecule has 158 valence electrons. The van der Waals surface area contributed by atoms with E-state index in [1.165, 1.54) is 10.4 Å². The van der Waals surface area contributed by atoms with Crippen LogP contribution in [0.5, 0.6) is 0 Å². The first-order valence-electron chi connectivity index (χ1n) is 10.2. The van der Waals surface area contributed by atoms with Crippen molar-refractivity contribution in [2.24, 2.45) is 0 Å². The van der Waals surface area contributed by atoms with E-state index < -0.39 is 10.0 Å². The molecule has 1 aliphatic heterocycles. The van der Waals surface area contributed by atoms with Crippen LogP contribution in [0.3, 0.4) is 0 Å². The molecule has 1 aliphatic rings. The zero-order valence-electron chi connectivity index (χ0n) is 16.9. The molecule has 3 aromatic rings. The molecule has 0 saturated carbocycles. The van der Waals surface area contributed by atoms with E-state index in [0.29, 0.717) is 31.6 Å². The lowest BCUT2D eigenvalue weighted by molar-refractivity contribution is 0.0953. The van der Waals surface area contributed by atoms with Crippen molar-refractivity contribution >= 4 is 37.5 Å². The number of sulfonamides is 1. The van der Waals surface area contributed by atoms with Gasteiger partial charge in [0.1, 0.15) is 0 Å². The molecular weight excluding hydrogens is 418 g/mol. The number of hydrogen-bond acceptors (Lipinski definition) is 5. The third-order valence-electron chi connectivity index (χ3n) is 5.37. The van der Waals surface area contributed by atoms with E-state index in [1.807, 2.05) is 31.2 Å². The fraction of sp³-hybridized carbons (Fsp3) is 0.364. The molecule has 1 aromatic heterocycles. The highest BCUT2D eigenvalue weighted by molar-refractivity contribution is 7.89. The second-order valence-electron chi connectivity index (χ2n) is 7.52. The van der Waals surface area contributed by atoms with Gasteiger partial charge in [0.25, 0.3) is 5.91 Å². The number of nitrogens with zero attached hydrogens (tertiary/aromatic N) is 2. The number of thiazole rings is 1. The molecule has 2 heterocycles. The third kappa shape index (κ3) is 4.40. The van der Waals surface area contributed by atoms with Gasteiger partial charge in [0.15, 0.2) is 0 Å². The topological polar surface area (TPSA) is 79.4 Å². The Morgan fingerprint density at radius 1 is 1.13 bits per heavy atom. The first kappa shape index (κ1) is 21.0. The van der Waals surface area contributed by atoms with Gasteiger partial charge in [-0.25, -0.2) is 13.4 Å². The molecule has 0 aliphatic carbocycles. The molecule has 1 fully saturated rings. The average Bonchev–Trinajstić information content (AvgIpc) is 3.17. The Bertz CT molecular complexity index is 1130. The maximum Gasteiger partial charge on any atom is 0.251 e. The van der Waals surface area contributed by atoms with Gasteiger partial charge >= 0.3 is 0 Å². The second-order valence-corrected chi connectivity index (χ2v) is 10.6. The summed E-state index contributed by atoms with van der Waals surface area (Å²) in [5.74, 6) is -0.260. The first-order chi connectivity index (χ1) is 14.4. The quantitative estimate of drug-likeness (QED) is 0.629. The number of amides is 1. The summed E-state index contributed by atoms with van der Waals surface area (Å²) in [5.41, 5.74) is 2.12. The van der Waals surface area contributed by atoms with E-state index in [9.17, 15) is 13.2 Å². The van der Waals surface area contributed by atoms with Crippen molar-refractivity contribution in [3.8, 4) is 0 Å². The van der Waals surface area contributed by atoms with Crippen LogP contribution < -0.4 is 5.32 Å². The lowest BCUT2D eigenvalue weighted by Crippen LogP contribution is -2.35. The predicted molar refractivity (Wildman–Crippen MR) is 119 cm³/mol. The number of para-hydroxylation sites is 1. The van der Waals surface area contributed by atoms with E-state index in [2.05, 4.69) is 10.3 Å². The highest BCUT2D eigenvalue weighted by Gasteiger charge is 2.27. The van der Waals surface area contributed by atoms with Gasteiger partial charge in [-0.05, 0) is 49.6 Å². The Kier molecular flexibility index (Phi) is 6.17. The molecule has 1 amide bonds. The molecule has 1 N–H and O–H groups in total. The molecule has 0 bridgehead atoms. The van der Waals surface area contributed by atoms with E-state index >= 15 is 0 Å². The summed E-state index contributed by atoms with van der Waals surface area (Å²) < 4.78 is 28.5. The molecule has 30 heavy (non-hydrogen) atoms. The van der Waals surface area contributed by atoms with Gasteiger partial charge in [-0.15, -0.1) is 11.3 Å². The van der Waals surface area contributed by atoms with Crippen LogP contribution in [0, 0.1) is 6.92 Å². The van der Waals surface area contributed by atoms with Crippen LogP contribution in [0.25, 0.3) is 10.2 Å². The standard InChI is InChI=1S/C22H25N3O3S2/c1-16-9-10-17(30(27,28)25-13-5-2-6-14-25)15-18(16)22(26)23-12-11-21-24-19-7-3-4-8-20(19)29-21/h3-4,7-10,15H,2,5-6,11-14H2,1H3,(H,23,26). The average molecular weight is 444 g/mol. The Morgan fingerprint density at radius 2 is 1.90 bits per heavy atom. The molecule has 0 radical (unpaired) electrons.